The first-order valence-corrected chi connectivity index (χ1v) is 10.0. The first-order chi connectivity index (χ1) is 16.3. The minimum absolute atomic E-state index is 0.195. The summed E-state index contributed by atoms with van der Waals surface area (Å²) >= 11 is 0. The molecule has 34 heavy (non-hydrogen) atoms. The first kappa shape index (κ1) is 30.2. The summed E-state index contributed by atoms with van der Waals surface area (Å²) in [7, 11) is 5.17. The normalized spacial score (nSPS) is 9.24. The molecule has 0 aliphatic rings. The summed E-state index contributed by atoms with van der Waals surface area (Å²) in [5.74, 6) is -1.81. The van der Waals surface area contributed by atoms with Crippen LogP contribution in [0.2, 0.25) is 0 Å². The topological polar surface area (TPSA) is 146 Å². The maximum absolute atomic E-state index is 11.1. The van der Waals surface area contributed by atoms with E-state index in [1.54, 1.807) is 18.2 Å². The lowest BCUT2D eigenvalue weighted by atomic mass is 10.1. The van der Waals surface area contributed by atoms with Crippen LogP contribution in [0.1, 0.15) is 54.3 Å². The van der Waals surface area contributed by atoms with E-state index in [0.717, 1.165) is 12.8 Å². The molecule has 2 rings (SSSR count). The van der Waals surface area contributed by atoms with E-state index in [1.165, 1.54) is 58.8 Å². The van der Waals surface area contributed by atoms with Gasteiger partial charge in [0.05, 0.1) is 50.7 Å². The predicted octanol–water partition coefficient (Wildman–Crippen LogP) is 2.27. The number of methoxy groups -OCH3 is 4. The summed E-state index contributed by atoms with van der Waals surface area (Å²) < 4.78 is 18.0. The molecule has 0 heterocycles. The van der Waals surface area contributed by atoms with Crippen LogP contribution in [0.3, 0.4) is 0 Å². The highest BCUT2D eigenvalue weighted by molar-refractivity contribution is 5.95. The molecule has 0 radical (unpaired) electrons. The van der Waals surface area contributed by atoms with E-state index in [9.17, 15) is 19.2 Å². The van der Waals surface area contributed by atoms with E-state index < -0.39 is 23.9 Å². The van der Waals surface area contributed by atoms with Gasteiger partial charge in [-0.1, -0.05) is 6.07 Å². The van der Waals surface area contributed by atoms with Crippen LogP contribution in [0, 0.1) is 0 Å². The van der Waals surface area contributed by atoms with Crippen LogP contribution in [-0.4, -0.2) is 75.7 Å². The van der Waals surface area contributed by atoms with Gasteiger partial charge in [-0.25, -0.2) is 19.2 Å². The van der Waals surface area contributed by atoms with Gasteiger partial charge in [0.2, 0.25) is 0 Å². The number of esters is 4. The lowest BCUT2D eigenvalue weighted by Gasteiger charge is -2.01. The molecule has 2 aromatic carbocycles. The molecule has 0 saturated carbocycles. The fourth-order valence-corrected chi connectivity index (χ4v) is 2.21. The molecule has 0 aliphatic heterocycles. The van der Waals surface area contributed by atoms with E-state index in [0.29, 0.717) is 22.3 Å². The summed E-state index contributed by atoms with van der Waals surface area (Å²) in [5.41, 5.74) is 1.46. The van der Waals surface area contributed by atoms with Gasteiger partial charge in [0.25, 0.3) is 0 Å². The van der Waals surface area contributed by atoms with E-state index in [1.807, 2.05) is 0 Å². The second-order valence-corrected chi connectivity index (χ2v) is 6.28. The Morgan fingerprint density at radius 1 is 0.559 bits per heavy atom. The van der Waals surface area contributed by atoms with Gasteiger partial charge in [0, 0.05) is 13.2 Å². The molecule has 0 bridgehead atoms. The summed E-state index contributed by atoms with van der Waals surface area (Å²) in [6.45, 7) is 0.390. The molecule has 0 fully saturated rings. The molecule has 0 aromatic heterocycles. The third kappa shape index (κ3) is 11.2. The van der Waals surface area contributed by atoms with Gasteiger partial charge >= 0.3 is 23.9 Å². The summed E-state index contributed by atoms with van der Waals surface area (Å²) in [4.78, 5) is 44.3. The van der Waals surface area contributed by atoms with Crippen LogP contribution in [0.4, 0.5) is 0 Å². The molecule has 0 spiro atoms. The Morgan fingerprint density at radius 3 is 1.12 bits per heavy atom. The summed E-state index contributed by atoms with van der Waals surface area (Å²) in [6, 6.07) is 12.2. The van der Waals surface area contributed by atoms with Crippen molar-refractivity contribution in [1.82, 2.24) is 0 Å². The second kappa shape index (κ2) is 17.8. The van der Waals surface area contributed by atoms with Gasteiger partial charge in [-0.3, -0.25) is 0 Å². The first-order valence-electron chi connectivity index (χ1n) is 10.0. The van der Waals surface area contributed by atoms with Crippen molar-refractivity contribution in [2.24, 2.45) is 0 Å². The Labute approximate surface area is 198 Å². The zero-order valence-electron chi connectivity index (χ0n) is 19.6. The highest BCUT2D eigenvalue weighted by atomic mass is 16.5. The number of aliphatic hydroxyl groups excluding tert-OH is 2. The van der Waals surface area contributed by atoms with E-state index in [4.69, 9.17) is 10.2 Å². The van der Waals surface area contributed by atoms with Crippen molar-refractivity contribution in [3.63, 3.8) is 0 Å². The molecule has 0 atom stereocenters. The third-order valence-electron chi connectivity index (χ3n) is 4.00. The van der Waals surface area contributed by atoms with E-state index in [2.05, 4.69) is 18.9 Å². The van der Waals surface area contributed by atoms with Crippen molar-refractivity contribution < 1.29 is 48.3 Å². The number of hydrogen-bond donors (Lipinski definition) is 2. The van der Waals surface area contributed by atoms with Gasteiger partial charge in [-0.05, 0) is 55.3 Å². The molecule has 2 aromatic rings. The van der Waals surface area contributed by atoms with Gasteiger partial charge in [-0.2, -0.15) is 0 Å². The van der Waals surface area contributed by atoms with Gasteiger partial charge in [0.1, 0.15) is 0 Å². The van der Waals surface area contributed by atoms with Gasteiger partial charge < -0.3 is 29.2 Å². The Bertz CT molecular complexity index is 836. The van der Waals surface area contributed by atoms with Crippen molar-refractivity contribution in [3.05, 3.63) is 70.8 Å². The zero-order chi connectivity index (χ0) is 25.9. The zero-order valence-corrected chi connectivity index (χ0v) is 19.6. The number of aliphatic hydroxyl groups is 2. The standard InChI is InChI=1S/2C10H10O4.C4H10O2/c1-13-9(11)7-3-5-8(6-4-7)10(12)14-2;1-13-9(11)7-4-3-5-8(6-7)10(12)14-2;5-3-1-2-4-6/h2*3-6H,1-2H3;5-6H,1-4H2. The van der Waals surface area contributed by atoms with Gasteiger partial charge in [-0.15, -0.1) is 0 Å². The molecule has 10 nitrogen and oxygen atoms in total. The minimum Gasteiger partial charge on any atom is -0.465 e. The van der Waals surface area contributed by atoms with Crippen molar-refractivity contribution in [3.8, 4) is 0 Å². The van der Waals surface area contributed by atoms with Crippen LogP contribution in [0.25, 0.3) is 0 Å². The molecule has 0 saturated heterocycles. The average Bonchev–Trinajstić information content (AvgIpc) is 2.90. The second-order valence-electron chi connectivity index (χ2n) is 6.28. The van der Waals surface area contributed by atoms with Crippen molar-refractivity contribution >= 4 is 23.9 Å². The molecule has 186 valence electrons. The molecule has 0 aliphatic carbocycles. The largest absolute Gasteiger partial charge is 0.465 e. The van der Waals surface area contributed by atoms with Crippen LogP contribution >= 0.6 is 0 Å². The maximum Gasteiger partial charge on any atom is 0.337 e. The Hall–Kier alpha value is -3.76. The molecular weight excluding hydrogens is 448 g/mol. The molecule has 0 amide bonds. The minimum atomic E-state index is -0.476. The van der Waals surface area contributed by atoms with Crippen LogP contribution in [0.15, 0.2) is 48.5 Å². The smallest absolute Gasteiger partial charge is 0.337 e. The number of benzene rings is 2. The molecular formula is C24H30O10. The lowest BCUT2D eigenvalue weighted by Crippen LogP contribution is -2.05. The van der Waals surface area contributed by atoms with E-state index >= 15 is 0 Å². The highest BCUT2D eigenvalue weighted by Crippen LogP contribution is 2.08. The number of carbonyl (C=O) groups is 4. The fraction of sp³-hybridized carbons (Fsp3) is 0.333. The highest BCUT2D eigenvalue weighted by Gasteiger charge is 2.10. The number of unbranched alkanes of at least 4 members (excludes halogenated alkanes) is 1. The lowest BCUT2D eigenvalue weighted by molar-refractivity contribution is 0.0586. The monoisotopic (exact) mass is 478 g/mol. The Kier molecular flexibility index (Phi) is 15.8. The average molecular weight is 478 g/mol. The molecule has 2 N–H and O–H groups in total. The third-order valence-corrected chi connectivity index (χ3v) is 4.00. The van der Waals surface area contributed by atoms with Crippen molar-refractivity contribution in [2.45, 2.75) is 12.8 Å². The molecule has 0 unspecified atom stereocenters. The SMILES string of the molecule is COC(=O)c1ccc(C(=O)OC)cc1.COC(=O)c1cccc(C(=O)OC)c1.OCCCCO. The van der Waals surface area contributed by atoms with Crippen LogP contribution in [-0.2, 0) is 18.9 Å². The fourth-order valence-electron chi connectivity index (χ4n) is 2.21. The van der Waals surface area contributed by atoms with Gasteiger partial charge in [0.15, 0.2) is 0 Å². The molecule has 10 heteroatoms. The Morgan fingerprint density at radius 2 is 0.853 bits per heavy atom. The van der Waals surface area contributed by atoms with Crippen LogP contribution in [0.5, 0.6) is 0 Å². The summed E-state index contributed by atoms with van der Waals surface area (Å²) in [5, 5.41) is 16.2. The number of ether oxygens (including phenoxy) is 4. The number of hydrogen-bond acceptors (Lipinski definition) is 10. The quantitative estimate of drug-likeness (QED) is 0.345. The number of rotatable bonds is 7. The Balaban J connectivity index is 0.000000521. The van der Waals surface area contributed by atoms with Crippen LogP contribution < -0.4 is 0 Å². The van der Waals surface area contributed by atoms with Crippen molar-refractivity contribution in [2.75, 3.05) is 41.7 Å². The van der Waals surface area contributed by atoms with E-state index in [-0.39, 0.29) is 13.2 Å². The summed E-state index contributed by atoms with van der Waals surface area (Å²) in [6.07, 6.45) is 1.44. The van der Waals surface area contributed by atoms with Crippen molar-refractivity contribution in [1.29, 1.82) is 0 Å². The maximum atomic E-state index is 11.1. The predicted molar refractivity (Wildman–Crippen MR) is 122 cm³/mol. The number of carbonyl (C=O) groups excluding carboxylic acids is 4.